The van der Waals surface area contributed by atoms with Gasteiger partial charge in [-0.15, -0.1) is 0 Å². The Labute approximate surface area is 93.4 Å². The predicted octanol–water partition coefficient (Wildman–Crippen LogP) is 2.39. The lowest BCUT2D eigenvalue weighted by atomic mass is 9.91. The Hall–Kier alpha value is -1.00. The first-order valence-corrected chi connectivity index (χ1v) is 5.40. The van der Waals surface area contributed by atoms with E-state index < -0.39 is 17.7 Å². The Balaban J connectivity index is 2.26. The molecule has 1 aliphatic heterocycles. The monoisotopic (exact) mass is 227 g/mol. The van der Waals surface area contributed by atoms with Crippen molar-refractivity contribution in [2.45, 2.75) is 25.5 Å². The summed E-state index contributed by atoms with van der Waals surface area (Å²) in [6.45, 7) is 2.56. The summed E-state index contributed by atoms with van der Waals surface area (Å²) in [6, 6.07) is 3.09. The van der Waals surface area contributed by atoms with Crippen molar-refractivity contribution in [1.29, 1.82) is 0 Å². The normalized spacial score (nSPS) is 30.4. The van der Waals surface area contributed by atoms with E-state index in [1.807, 2.05) is 6.92 Å². The van der Waals surface area contributed by atoms with Crippen LogP contribution in [0.15, 0.2) is 18.2 Å². The number of halogens is 2. The zero-order valence-electron chi connectivity index (χ0n) is 9.12. The van der Waals surface area contributed by atoms with Crippen molar-refractivity contribution < 1.29 is 13.5 Å². The highest BCUT2D eigenvalue weighted by Crippen LogP contribution is 2.31. The van der Waals surface area contributed by atoms with E-state index in [-0.39, 0.29) is 11.6 Å². The van der Waals surface area contributed by atoms with Gasteiger partial charge in [0.25, 0.3) is 0 Å². The second-order valence-electron chi connectivity index (χ2n) is 4.42. The molecule has 1 aromatic carbocycles. The Morgan fingerprint density at radius 3 is 2.81 bits per heavy atom. The van der Waals surface area contributed by atoms with Crippen molar-refractivity contribution in [2.24, 2.45) is 11.7 Å². The number of nitrogens with two attached hydrogens (primary N) is 1. The van der Waals surface area contributed by atoms with E-state index in [2.05, 4.69) is 0 Å². The van der Waals surface area contributed by atoms with Gasteiger partial charge in [0.2, 0.25) is 0 Å². The van der Waals surface area contributed by atoms with Crippen LogP contribution in [0.5, 0.6) is 0 Å². The van der Waals surface area contributed by atoms with Crippen LogP contribution in [0, 0.1) is 17.6 Å². The molecule has 0 bridgehead atoms. The predicted molar refractivity (Wildman–Crippen MR) is 56.8 cm³/mol. The minimum Gasteiger partial charge on any atom is -0.372 e. The minimum absolute atomic E-state index is 0.222. The van der Waals surface area contributed by atoms with Gasteiger partial charge in [0.05, 0.1) is 6.61 Å². The van der Waals surface area contributed by atoms with E-state index in [0.29, 0.717) is 12.5 Å². The first-order chi connectivity index (χ1) is 7.58. The largest absolute Gasteiger partial charge is 0.372 e. The molecule has 0 spiro atoms. The molecule has 1 saturated heterocycles. The molecule has 88 valence electrons. The van der Waals surface area contributed by atoms with Crippen molar-refractivity contribution in [3.8, 4) is 0 Å². The topological polar surface area (TPSA) is 35.2 Å². The van der Waals surface area contributed by atoms with E-state index >= 15 is 0 Å². The molecule has 1 fully saturated rings. The van der Waals surface area contributed by atoms with Gasteiger partial charge >= 0.3 is 0 Å². The molecule has 2 nitrogen and oxygen atoms in total. The first kappa shape index (κ1) is 11.5. The fraction of sp³-hybridized carbons (Fsp3) is 0.500. The van der Waals surface area contributed by atoms with Crippen LogP contribution in [0.3, 0.4) is 0 Å². The maximum atomic E-state index is 13.5. The smallest absolute Gasteiger partial charge is 0.129 e. The van der Waals surface area contributed by atoms with Gasteiger partial charge in [0.15, 0.2) is 0 Å². The molecule has 0 aromatic heterocycles. The van der Waals surface area contributed by atoms with E-state index in [0.717, 1.165) is 24.6 Å². The number of hydrogen-bond acceptors (Lipinski definition) is 2. The second-order valence-corrected chi connectivity index (χ2v) is 4.42. The average molecular weight is 227 g/mol. The number of benzene rings is 1. The lowest BCUT2D eigenvalue weighted by molar-refractivity contribution is -0.0284. The summed E-state index contributed by atoms with van der Waals surface area (Å²) in [6.07, 6.45) is 0.229. The van der Waals surface area contributed by atoms with Gasteiger partial charge in [0, 0.05) is 11.6 Å². The molecule has 0 radical (unpaired) electrons. The Kier molecular flexibility index (Phi) is 3.21. The maximum absolute atomic E-state index is 13.5. The van der Waals surface area contributed by atoms with Gasteiger partial charge in [0.1, 0.15) is 17.7 Å². The molecule has 3 atom stereocenters. The van der Waals surface area contributed by atoms with Gasteiger partial charge in [-0.25, -0.2) is 8.78 Å². The molecule has 0 amide bonds. The van der Waals surface area contributed by atoms with Crippen molar-refractivity contribution in [1.82, 2.24) is 0 Å². The van der Waals surface area contributed by atoms with E-state index in [1.165, 1.54) is 0 Å². The maximum Gasteiger partial charge on any atom is 0.129 e. The highest BCUT2D eigenvalue weighted by Gasteiger charge is 2.30. The van der Waals surface area contributed by atoms with Gasteiger partial charge in [-0.1, -0.05) is 6.92 Å². The van der Waals surface area contributed by atoms with Gasteiger partial charge in [-0.2, -0.15) is 0 Å². The highest BCUT2D eigenvalue weighted by atomic mass is 19.1. The average Bonchev–Trinajstić information content (AvgIpc) is 2.22. The van der Waals surface area contributed by atoms with Crippen LogP contribution < -0.4 is 5.73 Å². The molecule has 0 saturated carbocycles. The molecular weight excluding hydrogens is 212 g/mol. The number of ether oxygens (including phenoxy) is 1. The summed E-state index contributed by atoms with van der Waals surface area (Å²) in [5, 5.41) is 0. The summed E-state index contributed by atoms with van der Waals surface area (Å²) < 4.78 is 32.1. The van der Waals surface area contributed by atoms with Crippen LogP contribution in [-0.2, 0) is 4.74 Å². The van der Waals surface area contributed by atoms with Gasteiger partial charge in [-0.05, 0) is 30.5 Å². The number of rotatable bonds is 1. The Morgan fingerprint density at radius 2 is 2.12 bits per heavy atom. The molecule has 1 heterocycles. The third kappa shape index (κ3) is 2.23. The summed E-state index contributed by atoms with van der Waals surface area (Å²) in [4.78, 5) is 0. The molecule has 1 aromatic rings. The van der Waals surface area contributed by atoms with Crippen molar-refractivity contribution in [3.05, 3.63) is 35.4 Å². The molecule has 0 unspecified atom stereocenters. The molecule has 1 aliphatic rings. The van der Waals surface area contributed by atoms with Crippen molar-refractivity contribution >= 4 is 0 Å². The summed E-state index contributed by atoms with van der Waals surface area (Å²) in [7, 11) is 0. The van der Waals surface area contributed by atoms with Crippen LogP contribution in [0.1, 0.15) is 25.0 Å². The van der Waals surface area contributed by atoms with Crippen molar-refractivity contribution in [3.63, 3.8) is 0 Å². The molecule has 4 heteroatoms. The SMILES string of the molecule is C[C@@H]1CO[C@H](c2cc(F)ccc2F)[C@@H](N)C1. The van der Waals surface area contributed by atoms with Gasteiger partial charge in [-0.3, -0.25) is 0 Å². The summed E-state index contributed by atoms with van der Waals surface area (Å²) in [5.41, 5.74) is 6.13. The van der Waals surface area contributed by atoms with Crippen LogP contribution in [0.2, 0.25) is 0 Å². The number of hydrogen-bond donors (Lipinski definition) is 1. The molecule has 0 aliphatic carbocycles. The third-order valence-electron chi connectivity index (χ3n) is 2.89. The van der Waals surface area contributed by atoms with Gasteiger partial charge < -0.3 is 10.5 Å². The van der Waals surface area contributed by atoms with Crippen molar-refractivity contribution in [2.75, 3.05) is 6.61 Å². The Morgan fingerprint density at radius 1 is 1.38 bits per heavy atom. The highest BCUT2D eigenvalue weighted by molar-refractivity contribution is 5.23. The quantitative estimate of drug-likeness (QED) is 0.799. The fourth-order valence-electron chi connectivity index (χ4n) is 2.10. The van der Waals surface area contributed by atoms with E-state index in [4.69, 9.17) is 10.5 Å². The lowest BCUT2D eigenvalue weighted by Gasteiger charge is -2.33. The third-order valence-corrected chi connectivity index (χ3v) is 2.89. The van der Waals surface area contributed by atoms with E-state index in [1.54, 1.807) is 0 Å². The summed E-state index contributed by atoms with van der Waals surface area (Å²) in [5.74, 6) is -0.565. The van der Waals surface area contributed by atoms with Crippen LogP contribution >= 0.6 is 0 Å². The zero-order chi connectivity index (χ0) is 11.7. The molecular formula is C12H15F2NO. The molecule has 2 N–H and O–H groups in total. The zero-order valence-corrected chi connectivity index (χ0v) is 9.12. The molecule has 2 rings (SSSR count). The lowest BCUT2D eigenvalue weighted by Crippen LogP contribution is -2.38. The van der Waals surface area contributed by atoms with Crippen LogP contribution in [0.25, 0.3) is 0 Å². The fourth-order valence-corrected chi connectivity index (χ4v) is 2.10. The van der Waals surface area contributed by atoms with E-state index in [9.17, 15) is 8.78 Å². The summed E-state index contributed by atoms with van der Waals surface area (Å²) >= 11 is 0. The first-order valence-electron chi connectivity index (χ1n) is 5.40. The molecule has 16 heavy (non-hydrogen) atoms. The van der Waals surface area contributed by atoms with Crippen LogP contribution in [0.4, 0.5) is 8.78 Å². The standard InChI is InChI=1S/C12H15F2NO/c1-7-4-11(15)12(16-6-7)9-5-8(13)2-3-10(9)14/h2-3,5,7,11-12H,4,6,15H2,1H3/t7-,11-,12+/m0/s1. The minimum atomic E-state index is -0.535. The Bertz CT molecular complexity index is 383. The van der Waals surface area contributed by atoms with Crippen LogP contribution in [-0.4, -0.2) is 12.6 Å². The second kappa shape index (κ2) is 4.47.